The summed E-state index contributed by atoms with van der Waals surface area (Å²) < 4.78 is 7.51. The van der Waals surface area contributed by atoms with Crippen LogP contribution < -0.4 is 10.5 Å². The topological polar surface area (TPSA) is 66.0 Å². The molecule has 0 aliphatic heterocycles. The van der Waals surface area contributed by atoms with Crippen LogP contribution in [0.2, 0.25) is 0 Å². The van der Waals surface area contributed by atoms with Crippen molar-refractivity contribution in [2.75, 3.05) is 6.54 Å². The van der Waals surface area contributed by atoms with Gasteiger partial charge >= 0.3 is 0 Å². The molecule has 0 fully saturated rings. The number of aromatic nitrogens is 3. The lowest BCUT2D eigenvalue weighted by atomic mass is 10.1. The molecule has 2 aromatic rings. The van der Waals surface area contributed by atoms with Crippen molar-refractivity contribution in [2.24, 2.45) is 5.73 Å². The van der Waals surface area contributed by atoms with Crippen molar-refractivity contribution in [3.05, 3.63) is 35.8 Å². The normalized spacial score (nSPS) is 10.6. The van der Waals surface area contributed by atoms with Gasteiger partial charge in [0, 0.05) is 18.3 Å². The van der Waals surface area contributed by atoms with E-state index in [1.54, 1.807) is 12.4 Å². The van der Waals surface area contributed by atoms with Crippen LogP contribution >= 0.6 is 0 Å². The molecule has 5 nitrogen and oxygen atoms in total. The number of pyridine rings is 1. The van der Waals surface area contributed by atoms with Crippen LogP contribution in [0.3, 0.4) is 0 Å². The Labute approximate surface area is 107 Å². The molecular formula is C13H18N4O. The van der Waals surface area contributed by atoms with Gasteiger partial charge in [-0.1, -0.05) is 0 Å². The molecule has 0 saturated heterocycles. The fourth-order valence-corrected chi connectivity index (χ4v) is 1.71. The van der Waals surface area contributed by atoms with Crippen LogP contribution in [0.1, 0.15) is 18.1 Å². The smallest absolute Gasteiger partial charge is 0.222 e. The highest BCUT2D eigenvalue weighted by molar-refractivity contribution is 5.32. The van der Waals surface area contributed by atoms with Crippen molar-refractivity contribution in [2.45, 2.75) is 26.8 Å². The zero-order chi connectivity index (χ0) is 13.0. The fourth-order valence-electron chi connectivity index (χ4n) is 1.71. The van der Waals surface area contributed by atoms with E-state index in [1.165, 1.54) is 0 Å². The highest BCUT2D eigenvalue weighted by Gasteiger charge is 2.06. The van der Waals surface area contributed by atoms with E-state index in [9.17, 15) is 0 Å². The third-order valence-electron chi connectivity index (χ3n) is 2.67. The van der Waals surface area contributed by atoms with E-state index in [4.69, 9.17) is 10.5 Å². The quantitative estimate of drug-likeness (QED) is 0.875. The minimum atomic E-state index is 0.617. The van der Waals surface area contributed by atoms with Crippen LogP contribution in [0.4, 0.5) is 0 Å². The number of nitrogens with zero attached hydrogens (tertiary/aromatic N) is 3. The van der Waals surface area contributed by atoms with Crippen molar-refractivity contribution in [1.29, 1.82) is 0 Å². The molecule has 0 aliphatic carbocycles. The first-order valence-corrected chi connectivity index (χ1v) is 6.08. The molecule has 2 aromatic heterocycles. The summed E-state index contributed by atoms with van der Waals surface area (Å²) in [4.78, 5) is 4.31. The van der Waals surface area contributed by atoms with Gasteiger partial charge in [-0.2, -0.15) is 5.10 Å². The average molecular weight is 246 g/mol. The number of hydrogen-bond acceptors (Lipinski definition) is 4. The van der Waals surface area contributed by atoms with Crippen molar-refractivity contribution in [3.63, 3.8) is 0 Å². The maximum absolute atomic E-state index is 5.70. The summed E-state index contributed by atoms with van der Waals surface area (Å²) in [6.45, 7) is 5.46. The van der Waals surface area contributed by atoms with Crippen LogP contribution in [0.25, 0.3) is 0 Å². The Bertz CT molecular complexity index is 521. The monoisotopic (exact) mass is 246 g/mol. The minimum Gasteiger partial charge on any atom is -0.435 e. The van der Waals surface area contributed by atoms with Gasteiger partial charge in [-0.15, -0.1) is 0 Å². The predicted octanol–water partition coefficient (Wildman–Crippen LogP) is 1.90. The molecule has 2 N–H and O–H groups in total. The number of ether oxygens (including phenoxy) is 1. The molecule has 96 valence electrons. The van der Waals surface area contributed by atoms with Gasteiger partial charge < -0.3 is 10.5 Å². The van der Waals surface area contributed by atoms with Gasteiger partial charge in [-0.25, -0.2) is 4.98 Å². The lowest BCUT2D eigenvalue weighted by Gasteiger charge is -2.07. The molecule has 5 heteroatoms. The summed E-state index contributed by atoms with van der Waals surface area (Å²) in [7, 11) is 0. The van der Waals surface area contributed by atoms with E-state index in [0.717, 1.165) is 24.1 Å². The summed E-state index contributed by atoms with van der Waals surface area (Å²) in [5.74, 6) is 1.32. The molecule has 2 heterocycles. The number of hydrogen-bond donors (Lipinski definition) is 1. The first-order chi connectivity index (χ1) is 8.72. The molecule has 0 unspecified atom stereocenters. The molecular weight excluding hydrogens is 228 g/mol. The zero-order valence-corrected chi connectivity index (χ0v) is 10.8. The number of aryl methyl sites for hydroxylation is 2. The van der Waals surface area contributed by atoms with Gasteiger partial charge in [-0.05, 0) is 38.4 Å². The molecule has 0 spiro atoms. The number of nitrogens with two attached hydrogens (primary N) is 1. The summed E-state index contributed by atoms with van der Waals surface area (Å²) in [5.41, 5.74) is 7.66. The van der Waals surface area contributed by atoms with E-state index >= 15 is 0 Å². The highest BCUT2D eigenvalue weighted by Crippen LogP contribution is 2.22. The Morgan fingerprint density at radius 2 is 2.22 bits per heavy atom. The van der Waals surface area contributed by atoms with E-state index in [-0.39, 0.29) is 0 Å². The van der Waals surface area contributed by atoms with Gasteiger partial charge in [0.15, 0.2) is 5.75 Å². The summed E-state index contributed by atoms with van der Waals surface area (Å²) >= 11 is 0. The Hall–Kier alpha value is -1.88. The molecule has 0 aromatic carbocycles. The average Bonchev–Trinajstić information content (AvgIpc) is 2.81. The molecule has 0 saturated carbocycles. The second-order valence-corrected chi connectivity index (χ2v) is 4.14. The number of rotatable bonds is 5. The Morgan fingerprint density at radius 3 is 2.83 bits per heavy atom. The Kier molecular flexibility index (Phi) is 3.94. The second kappa shape index (κ2) is 5.64. The lowest BCUT2D eigenvalue weighted by molar-refractivity contribution is 0.457. The third-order valence-corrected chi connectivity index (χ3v) is 2.67. The molecule has 0 amide bonds. The molecule has 0 aliphatic rings. The van der Waals surface area contributed by atoms with Crippen LogP contribution in [0.15, 0.2) is 24.7 Å². The molecule has 2 rings (SSSR count). The van der Waals surface area contributed by atoms with Crippen LogP contribution in [0, 0.1) is 6.92 Å². The fraction of sp³-hybridized carbons (Fsp3) is 0.385. The zero-order valence-electron chi connectivity index (χ0n) is 10.8. The van der Waals surface area contributed by atoms with E-state index in [0.29, 0.717) is 18.2 Å². The summed E-state index contributed by atoms with van der Waals surface area (Å²) in [6.07, 6.45) is 6.19. The maximum Gasteiger partial charge on any atom is 0.222 e. The summed E-state index contributed by atoms with van der Waals surface area (Å²) in [5, 5.41) is 4.15. The molecule has 0 bridgehead atoms. The van der Waals surface area contributed by atoms with E-state index in [2.05, 4.69) is 16.1 Å². The first-order valence-electron chi connectivity index (χ1n) is 6.08. The van der Waals surface area contributed by atoms with Crippen LogP contribution in [-0.4, -0.2) is 21.3 Å². The largest absolute Gasteiger partial charge is 0.435 e. The maximum atomic E-state index is 5.70. The van der Waals surface area contributed by atoms with Crippen molar-refractivity contribution in [1.82, 2.24) is 14.8 Å². The van der Waals surface area contributed by atoms with Crippen molar-refractivity contribution in [3.8, 4) is 11.6 Å². The SMILES string of the molecule is CCn1cc(Oc2ncc(CCN)cc2C)cn1. The van der Waals surface area contributed by atoms with Crippen molar-refractivity contribution < 1.29 is 4.74 Å². The first kappa shape index (κ1) is 12.6. The van der Waals surface area contributed by atoms with Gasteiger partial charge in [0.1, 0.15) is 0 Å². The Morgan fingerprint density at radius 1 is 1.39 bits per heavy atom. The molecule has 0 radical (unpaired) electrons. The van der Waals surface area contributed by atoms with Crippen molar-refractivity contribution >= 4 is 0 Å². The van der Waals surface area contributed by atoms with E-state index < -0.39 is 0 Å². The predicted molar refractivity (Wildman–Crippen MR) is 69.7 cm³/mol. The van der Waals surface area contributed by atoms with Gasteiger partial charge in [-0.3, -0.25) is 4.68 Å². The van der Waals surface area contributed by atoms with Gasteiger partial charge in [0.2, 0.25) is 5.88 Å². The van der Waals surface area contributed by atoms with Gasteiger partial charge in [0.25, 0.3) is 0 Å². The highest BCUT2D eigenvalue weighted by atomic mass is 16.5. The Balaban J connectivity index is 2.13. The minimum absolute atomic E-state index is 0.617. The summed E-state index contributed by atoms with van der Waals surface area (Å²) in [6, 6.07) is 2.05. The van der Waals surface area contributed by atoms with Crippen LogP contribution in [-0.2, 0) is 13.0 Å². The molecule has 0 atom stereocenters. The standard InChI is InChI=1S/C13H18N4O/c1-3-17-9-12(8-16-17)18-13-10(2)6-11(4-5-14)7-15-13/h6-9H,3-5,14H2,1-2H3. The molecule has 18 heavy (non-hydrogen) atoms. The lowest BCUT2D eigenvalue weighted by Crippen LogP contribution is -2.03. The van der Waals surface area contributed by atoms with Gasteiger partial charge in [0.05, 0.1) is 12.4 Å². The van der Waals surface area contributed by atoms with Crippen LogP contribution in [0.5, 0.6) is 11.6 Å². The van der Waals surface area contributed by atoms with E-state index in [1.807, 2.05) is 24.7 Å². The second-order valence-electron chi connectivity index (χ2n) is 4.14. The third kappa shape index (κ3) is 2.87.